The largest absolute Gasteiger partial charge is 0.452 e. The Morgan fingerprint density at radius 1 is 1.13 bits per heavy atom. The van der Waals surface area contributed by atoms with Crippen LogP contribution >= 0.6 is 27.5 Å². The molecule has 0 saturated heterocycles. The number of amides is 1. The minimum Gasteiger partial charge on any atom is -0.452 e. The van der Waals surface area contributed by atoms with Crippen LogP contribution in [0.2, 0.25) is 5.02 Å². The number of benzene rings is 2. The van der Waals surface area contributed by atoms with E-state index in [4.69, 9.17) is 16.3 Å². The molecule has 0 heterocycles. The summed E-state index contributed by atoms with van der Waals surface area (Å²) in [7, 11) is 0. The summed E-state index contributed by atoms with van der Waals surface area (Å²) in [4.78, 5) is 23.5. The molecule has 0 fully saturated rings. The van der Waals surface area contributed by atoms with E-state index >= 15 is 0 Å². The van der Waals surface area contributed by atoms with Gasteiger partial charge >= 0.3 is 5.97 Å². The van der Waals surface area contributed by atoms with Crippen LogP contribution in [0.3, 0.4) is 0 Å². The average Bonchev–Trinajstić information content (AvgIpc) is 2.52. The SMILES string of the molecule is O=C(COC(=O)c1cccc(Br)c1)NCCc1cccc(Cl)c1. The van der Waals surface area contributed by atoms with E-state index in [-0.39, 0.29) is 12.5 Å². The van der Waals surface area contributed by atoms with Crippen LogP contribution in [-0.4, -0.2) is 25.0 Å². The van der Waals surface area contributed by atoms with Gasteiger partial charge in [-0.15, -0.1) is 0 Å². The van der Waals surface area contributed by atoms with E-state index in [2.05, 4.69) is 21.2 Å². The number of hydrogen-bond acceptors (Lipinski definition) is 3. The summed E-state index contributed by atoms with van der Waals surface area (Å²) in [6.07, 6.45) is 0.659. The predicted octanol–water partition coefficient (Wildman–Crippen LogP) is 3.62. The number of halogens is 2. The van der Waals surface area contributed by atoms with Gasteiger partial charge in [-0.25, -0.2) is 4.79 Å². The lowest BCUT2D eigenvalue weighted by Gasteiger charge is -2.07. The highest BCUT2D eigenvalue weighted by atomic mass is 79.9. The molecule has 23 heavy (non-hydrogen) atoms. The van der Waals surface area contributed by atoms with Crippen molar-refractivity contribution in [3.63, 3.8) is 0 Å². The lowest BCUT2D eigenvalue weighted by Crippen LogP contribution is -2.30. The van der Waals surface area contributed by atoms with E-state index in [0.29, 0.717) is 23.6 Å². The molecule has 0 aliphatic rings. The molecule has 120 valence electrons. The first-order valence-corrected chi connectivity index (χ1v) is 8.15. The smallest absolute Gasteiger partial charge is 0.338 e. The van der Waals surface area contributed by atoms with E-state index in [0.717, 1.165) is 10.0 Å². The van der Waals surface area contributed by atoms with Gasteiger partial charge in [0.15, 0.2) is 6.61 Å². The second-order valence-corrected chi connectivity index (χ2v) is 6.17. The number of esters is 1. The van der Waals surface area contributed by atoms with E-state index in [1.807, 2.05) is 18.2 Å². The van der Waals surface area contributed by atoms with E-state index in [1.165, 1.54) is 0 Å². The lowest BCUT2D eigenvalue weighted by molar-refractivity contribution is -0.124. The third kappa shape index (κ3) is 6.04. The Kier molecular flexibility index (Phi) is 6.62. The summed E-state index contributed by atoms with van der Waals surface area (Å²) in [6, 6.07) is 14.2. The summed E-state index contributed by atoms with van der Waals surface area (Å²) < 4.78 is 5.75. The second kappa shape index (κ2) is 8.70. The van der Waals surface area contributed by atoms with Crippen molar-refractivity contribution in [1.29, 1.82) is 0 Å². The van der Waals surface area contributed by atoms with E-state index in [9.17, 15) is 9.59 Å². The molecule has 0 aliphatic heterocycles. The molecule has 0 bridgehead atoms. The third-order valence-electron chi connectivity index (χ3n) is 3.02. The van der Waals surface area contributed by atoms with Crippen molar-refractivity contribution in [3.05, 3.63) is 69.2 Å². The first kappa shape index (κ1) is 17.5. The van der Waals surface area contributed by atoms with Crippen LogP contribution in [0.5, 0.6) is 0 Å². The van der Waals surface area contributed by atoms with Crippen LogP contribution in [0.4, 0.5) is 0 Å². The highest BCUT2D eigenvalue weighted by Gasteiger charge is 2.10. The molecule has 0 atom stereocenters. The van der Waals surface area contributed by atoms with E-state index in [1.54, 1.807) is 30.3 Å². The molecule has 4 nitrogen and oxygen atoms in total. The number of carbonyl (C=O) groups excluding carboxylic acids is 2. The Morgan fingerprint density at radius 3 is 2.65 bits per heavy atom. The summed E-state index contributed by atoms with van der Waals surface area (Å²) in [6.45, 7) is 0.147. The second-order valence-electron chi connectivity index (χ2n) is 4.82. The van der Waals surface area contributed by atoms with Crippen LogP contribution in [0.1, 0.15) is 15.9 Å². The molecule has 2 rings (SSSR count). The number of hydrogen-bond donors (Lipinski definition) is 1. The Morgan fingerprint density at radius 2 is 1.91 bits per heavy atom. The van der Waals surface area contributed by atoms with Crippen LogP contribution in [0, 0.1) is 0 Å². The van der Waals surface area contributed by atoms with Crippen molar-refractivity contribution in [2.45, 2.75) is 6.42 Å². The molecule has 6 heteroatoms. The molecule has 0 aromatic heterocycles. The van der Waals surface area contributed by atoms with Crippen molar-refractivity contribution in [1.82, 2.24) is 5.32 Å². The highest BCUT2D eigenvalue weighted by molar-refractivity contribution is 9.10. The van der Waals surface area contributed by atoms with Gasteiger partial charge in [0.25, 0.3) is 5.91 Å². The van der Waals surface area contributed by atoms with Gasteiger partial charge in [-0.2, -0.15) is 0 Å². The molecular weight excluding hydrogens is 382 g/mol. The number of rotatable bonds is 6. The Bertz CT molecular complexity index is 706. The van der Waals surface area contributed by atoms with Crippen molar-refractivity contribution in [2.24, 2.45) is 0 Å². The van der Waals surface area contributed by atoms with Gasteiger partial charge < -0.3 is 10.1 Å². The minimum absolute atomic E-state index is 0.305. The van der Waals surface area contributed by atoms with Gasteiger partial charge in [-0.05, 0) is 42.3 Å². The van der Waals surface area contributed by atoms with Crippen LogP contribution in [0.15, 0.2) is 53.0 Å². The molecule has 1 amide bonds. The fourth-order valence-electron chi connectivity index (χ4n) is 1.92. The monoisotopic (exact) mass is 395 g/mol. The Labute approximate surface area is 147 Å². The van der Waals surface area contributed by atoms with Crippen molar-refractivity contribution in [2.75, 3.05) is 13.2 Å². The highest BCUT2D eigenvalue weighted by Crippen LogP contribution is 2.12. The zero-order valence-electron chi connectivity index (χ0n) is 12.2. The zero-order chi connectivity index (χ0) is 16.7. The quantitative estimate of drug-likeness (QED) is 0.759. The molecule has 0 unspecified atom stereocenters. The minimum atomic E-state index is -0.531. The van der Waals surface area contributed by atoms with Gasteiger partial charge in [0, 0.05) is 16.0 Å². The van der Waals surface area contributed by atoms with Crippen molar-refractivity contribution in [3.8, 4) is 0 Å². The topological polar surface area (TPSA) is 55.4 Å². The van der Waals surface area contributed by atoms with Crippen LogP contribution < -0.4 is 5.32 Å². The third-order valence-corrected chi connectivity index (χ3v) is 3.75. The molecule has 0 aliphatic carbocycles. The fraction of sp³-hybridized carbons (Fsp3) is 0.176. The van der Waals surface area contributed by atoms with Crippen LogP contribution in [-0.2, 0) is 16.0 Å². The molecule has 0 spiro atoms. The number of ether oxygens (including phenoxy) is 1. The Balaban J connectivity index is 1.72. The first-order chi connectivity index (χ1) is 11.0. The summed E-state index contributed by atoms with van der Waals surface area (Å²) >= 11 is 9.17. The molecule has 2 aromatic rings. The van der Waals surface area contributed by atoms with Gasteiger partial charge in [0.2, 0.25) is 0 Å². The van der Waals surface area contributed by atoms with Crippen molar-refractivity contribution < 1.29 is 14.3 Å². The summed E-state index contributed by atoms with van der Waals surface area (Å²) in [5.41, 5.74) is 1.43. The van der Waals surface area contributed by atoms with Gasteiger partial charge in [-0.3, -0.25) is 4.79 Å². The Hall–Kier alpha value is -1.85. The lowest BCUT2D eigenvalue weighted by atomic mass is 10.1. The van der Waals surface area contributed by atoms with Gasteiger partial charge in [0.1, 0.15) is 0 Å². The van der Waals surface area contributed by atoms with Crippen LogP contribution in [0.25, 0.3) is 0 Å². The average molecular weight is 397 g/mol. The molecule has 2 aromatic carbocycles. The summed E-state index contributed by atoms with van der Waals surface area (Å²) in [5.74, 6) is -0.869. The fourth-order valence-corrected chi connectivity index (χ4v) is 2.53. The maximum atomic E-state index is 11.8. The number of nitrogens with one attached hydrogen (secondary N) is 1. The maximum absolute atomic E-state index is 11.8. The van der Waals surface area contributed by atoms with E-state index < -0.39 is 5.97 Å². The normalized spacial score (nSPS) is 10.2. The van der Waals surface area contributed by atoms with Crippen molar-refractivity contribution >= 4 is 39.4 Å². The molecular formula is C17H15BrClNO3. The first-order valence-electron chi connectivity index (χ1n) is 6.98. The molecule has 0 saturated carbocycles. The maximum Gasteiger partial charge on any atom is 0.338 e. The molecule has 0 radical (unpaired) electrons. The van der Waals surface area contributed by atoms with Gasteiger partial charge in [-0.1, -0.05) is 45.7 Å². The standard InChI is InChI=1S/C17H15BrClNO3/c18-14-5-2-4-13(10-14)17(22)23-11-16(21)20-8-7-12-3-1-6-15(19)9-12/h1-6,9-10H,7-8,11H2,(H,20,21). The molecule has 1 N–H and O–H groups in total. The van der Waals surface area contributed by atoms with Gasteiger partial charge in [0.05, 0.1) is 5.56 Å². The summed E-state index contributed by atoms with van der Waals surface area (Å²) in [5, 5.41) is 3.36. The number of carbonyl (C=O) groups is 2. The zero-order valence-corrected chi connectivity index (χ0v) is 14.6. The predicted molar refractivity (Wildman–Crippen MR) is 92.6 cm³/mol.